The minimum Gasteiger partial charge on any atom is -0.512 e. The second kappa shape index (κ2) is 16.1. The van der Waals surface area contributed by atoms with Crippen molar-refractivity contribution >= 4 is 27.3 Å². The molecule has 4 aromatic carbocycles. The van der Waals surface area contributed by atoms with Gasteiger partial charge in [-0.3, -0.25) is 9.78 Å². The van der Waals surface area contributed by atoms with E-state index in [0.717, 1.165) is 49.1 Å². The van der Waals surface area contributed by atoms with Crippen molar-refractivity contribution < 1.29 is 30.0 Å². The van der Waals surface area contributed by atoms with Gasteiger partial charge in [0.1, 0.15) is 6.33 Å². The van der Waals surface area contributed by atoms with Crippen molar-refractivity contribution in [2.45, 2.75) is 99.8 Å². The molecule has 0 amide bonds. The van der Waals surface area contributed by atoms with Crippen LogP contribution in [0.4, 0.5) is 0 Å². The number of ketones is 1. The Balaban J connectivity index is 0.000000301. The minimum atomic E-state index is -0.205. The average molecular weight is 846 g/mol. The summed E-state index contributed by atoms with van der Waals surface area (Å²) >= 11 is 0. The maximum Gasteiger partial charge on any atom is 0.162 e. The second-order valence-electron chi connectivity index (χ2n) is 15.3. The topological polar surface area (TPSA) is 63.1 Å². The third-order valence-corrected chi connectivity index (χ3v) is 10.2. The quantitative estimate of drug-likeness (QED) is 0.0912. The molecule has 0 saturated heterocycles. The van der Waals surface area contributed by atoms with Crippen molar-refractivity contribution in [3.8, 4) is 22.4 Å². The van der Waals surface area contributed by atoms with E-state index in [-0.39, 0.29) is 54.3 Å². The number of allylic oxidation sites excluding steroid dienone is 2. The molecule has 0 fully saturated rings. The maximum absolute atomic E-state index is 11.7. The Labute approximate surface area is 313 Å². The molecule has 1 N–H and O–H groups in total. The molecule has 0 bridgehead atoms. The van der Waals surface area contributed by atoms with Gasteiger partial charge in [0.05, 0.1) is 11.5 Å². The van der Waals surface area contributed by atoms with Crippen LogP contribution in [0.1, 0.15) is 105 Å². The monoisotopic (exact) mass is 846 g/mol. The molecule has 0 atom stereocenters. The number of hydrogen-bond acceptors (Lipinski definition) is 4. The number of carbonyl (C=O) groups is 1. The first-order chi connectivity index (χ1) is 23.3. The molecule has 1 aliphatic rings. The molecule has 0 aliphatic heterocycles. The maximum atomic E-state index is 11.7. The van der Waals surface area contributed by atoms with Gasteiger partial charge in [-0.2, -0.15) is 0 Å². The molecule has 4 nitrogen and oxygen atoms in total. The molecule has 1 heterocycles. The Bertz CT molecular complexity index is 1990. The van der Waals surface area contributed by atoms with Gasteiger partial charge in [-0.1, -0.05) is 122 Å². The number of aliphatic hydroxyl groups is 1. The van der Waals surface area contributed by atoms with Gasteiger partial charge in [-0.15, -0.1) is 29.1 Å². The molecule has 5 heteroatoms. The summed E-state index contributed by atoms with van der Waals surface area (Å²) in [6.45, 7) is 19.7. The van der Waals surface area contributed by atoms with Crippen LogP contribution in [0.3, 0.4) is 0 Å². The Morgan fingerprint density at radius 3 is 2.06 bits per heavy atom. The number of hydrogen-bond donors (Lipinski definition) is 1. The van der Waals surface area contributed by atoms with Crippen LogP contribution in [0.25, 0.3) is 43.9 Å². The second-order valence-corrected chi connectivity index (χ2v) is 15.3. The number of fused-ring (bicyclic) bond motifs is 6. The molecule has 50 heavy (non-hydrogen) atoms. The summed E-state index contributed by atoms with van der Waals surface area (Å²) in [4.78, 5) is 21.5. The molecule has 0 saturated carbocycles. The summed E-state index contributed by atoms with van der Waals surface area (Å²) in [7, 11) is 0. The van der Waals surface area contributed by atoms with Crippen LogP contribution < -0.4 is 0 Å². The van der Waals surface area contributed by atoms with Crippen molar-refractivity contribution in [1.82, 2.24) is 9.97 Å². The molecule has 1 aromatic heterocycles. The number of nitrogens with zero attached hydrogens (tertiary/aromatic N) is 2. The normalized spacial score (nSPS) is 13.5. The van der Waals surface area contributed by atoms with Gasteiger partial charge in [0, 0.05) is 43.4 Å². The van der Waals surface area contributed by atoms with Gasteiger partial charge in [-0.05, 0) is 76.2 Å². The van der Waals surface area contributed by atoms with Gasteiger partial charge < -0.3 is 5.11 Å². The number of aliphatic hydroxyl groups excluding tert-OH is 1. The van der Waals surface area contributed by atoms with Crippen LogP contribution in [0.2, 0.25) is 0 Å². The Morgan fingerprint density at radius 2 is 1.44 bits per heavy atom. The van der Waals surface area contributed by atoms with E-state index in [2.05, 4.69) is 107 Å². The van der Waals surface area contributed by atoms with Gasteiger partial charge in [0.25, 0.3) is 0 Å². The SMILES string of the molecule is CC(C)(C)Cc1cc2ccccc2c2c1C(C)(C)c1ncnc(-c3[c-]cc4ccccc4c3)c1-2.CCC(CC)C(=O)/C=C(\O)C(CC)CC.[Ir]. The molecule has 5 aromatic rings. The minimum absolute atomic E-state index is 0. The van der Waals surface area contributed by atoms with Crippen LogP contribution >= 0.6 is 0 Å². The standard InChI is InChI=1S/C32H29N2.C13H24O2.Ir/c1-31(2,3)18-24-17-22-12-8-9-13-25(22)26-27-29(33-19-34-30(27)32(4,5)28(24)26)23-15-14-20-10-6-7-11-21(20)16-23;1-5-10(6-2)12(14)9-13(15)11(7-3)8-4;/h6-14,16-17,19H,18H2,1-5H3;9-11,14H,5-8H2,1-4H3;/q-1;;/b;12-9-;. The van der Waals surface area contributed by atoms with E-state index in [1.54, 1.807) is 6.33 Å². The third kappa shape index (κ3) is 7.95. The zero-order valence-corrected chi connectivity index (χ0v) is 33.7. The van der Waals surface area contributed by atoms with Crippen molar-refractivity contribution in [3.63, 3.8) is 0 Å². The zero-order valence-electron chi connectivity index (χ0n) is 31.3. The van der Waals surface area contributed by atoms with E-state index in [0.29, 0.717) is 0 Å². The van der Waals surface area contributed by atoms with E-state index >= 15 is 0 Å². The molecule has 0 unspecified atom stereocenters. The van der Waals surface area contributed by atoms with Crippen molar-refractivity contribution in [1.29, 1.82) is 0 Å². The van der Waals surface area contributed by atoms with Crippen LogP contribution in [0.15, 0.2) is 84.9 Å². The summed E-state index contributed by atoms with van der Waals surface area (Å²) in [6, 6.07) is 27.4. The number of carbonyl (C=O) groups excluding carboxylic acids is 1. The average Bonchev–Trinajstić information content (AvgIpc) is 3.32. The molecular formula is C45H53IrN2O2-. The van der Waals surface area contributed by atoms with Crippen LogP contribution in [0, 0.1) is 23.3 Å². The van der Waals surface area contributed by atoms with Crippen molar-refractivity contribution in [3.05, 3.63) is 108 Å². The molecule has 1 radical (unpaired) electrons. The first kappa shape index (κ1) is 39.1. The molecule has 265 valence electrons. The van der Waals surface area contributed by atoms with Gasteiger partial charge in [0.2, 0.25) is 0 Å². The Hall–Kier alpha value is -3.66. The fourth-order valence-electron chi connectivity index (χ4n) is 7.55. The van der Waals surface area contributed by atoms with E-state index in [9.17, 15) is 9.90 Å². The zero-order chi connectivity index (χ0) is 35.5. The summed E-state index contributed by atoms with van der Waals surface area (Å²) in [5.74, 6) is 0.547. The van der Waals surface area contributed by atoms with Crippen LogP contribution in [-0.2, 0) is 36.7 Å². The Kier molecular flexibility index (Phi) is 12.6. The van der Waals surface area contributed by atoms with Gasteiger partial charge in [0.15, 0.2) is 5.78 Å². The van der Waals surface area contributed by atoms with E-state index in [1.807, 2.05) is 27.7 Å². The number of benzene rings is 4. The smallest absolute Gasteiger partial charge is 0.162 e. The van der Waals surface area contributed by atoms with Crippen molar-refractivity contribution in [2.75, 3.05) is 0 Å². The largest absolute Gasteiger partial charge is 0.512 e. The van der Waals surface area contributed by atoms with Crippen LogP contribution in [0.5, 0.6) is 0 Å². The van der Waals surface area contributed by atoms with Crippen LogP contribution in [-0.4, -0.2) is 20.9 Å². The predicted molar refractivity (Wildman–Crippen MR) is 206 cm³/mol. The third-order valence-electron chi connectivity index (χ3n) is 10.2. The number of rotatable bonds is 9. The summed E-state index contributed by atoms with van der Waals surface area (Å²) in [6.07, 6.45) is 7.66. The van der Waals surface area contributed by atoms with Gasteiger partial charge >= 0.3 is 0 Å². The summed E-state index contributed by atoms with van der Waals surface area (Å²) < 4.78 is 0. The predicted octanol–water partition coefficient (Wildman–Crippen LogP) is 12.0. The fourth-order valence-corrected chi connectivity index (χ4v) is 7.55. The summed E-state index contributed by atoms with van der Waals surface area (Å²) in [5.41, 5.74) is 8.37. The fraction of sp³-hybridized carbons (Fsp3) is 0.400. The first-order valence-electron chi connectivity index (χ1n) is 18.1. The van der Waals surface area contributed by atoms with E-state index in [4.69, 9.17) is 9.97 Å². The summed E-state index contributed by atoms with van der Waals surface area (Å²) in [5, 5.41) is 14.7. The van der Waals surface area contributed by atoms with E-state index < -0.39 is 0 Å². The van der Waals surface area contributed by atoms with E-state index in [1.165, 1.54) is 49.9 Å². The number of aromatic nitrogens is 2. The first-order valence-corrected chi connectivity index (χ1v) is 18.1. The van der Waals surface area contributed by atoms with Gasteiger partial charge in [-0.25, -0.2) is 4.98 Å². The Morgan fingerprint density at radius 1 is 0.840 bits per heavy atom. The molecular weight excluding hydrogens is 793 g/mol. The molecule has 6 rings (SSSR count). The molecule has 0 spiro atoms. The van der Waals surface area contributed by atoms with Crippen molar-refractivity contribution in [2.24, 2.45) is 17.3 Å². The molecule has 1 aliphatic carbocycles.